The third-order valence-electron chi connectivity index (χ3n) is 1.63. The minimum absolute atomic E-state index is 0.0622. The van der Waals surface area contributed by atoms with Crippen LogP contribution in [0.5, 0.6) is 0 Å². The van der Waals surface area contributed by atoms with E-state index in [1.54, 1.807) is 6.07 Å². The molecule has 0 radical (unpaired) electrons. The van der Waals surface area contributed by atoms with Crippen LogP contribution in [0.1, 0.15) is 5.01 Å². The summed E-state index contributed by atoms with van der Waals surface area (Å²) in [5, 5.41) is 10.5. The molecule has 0 saturated carbocycles. The van der Waals surface area contributed by atoms with E-state index >= 15 is 0 Å². The summed E-state index contributed by atoms with van der Waals surface area (Å²) in [4.78, 5) is 4.14. The van der Waals surface area contributed by atoms with Gasteiger partial charge < -0.3 is 5.11 Å². The van der Waals surface area contributed by atoms with Crippen molar-refractivity contribution in [1.82, 2.24) is 4.98 Å². The van der Waals surface area contributed by atoms with Crippen molar-refractivity contribution in [2.24, 2.45) is 0 Å². The standard InChI is InChI=1S/C8H5Cl2NOS/c9-4-1-2-5-8(7(4)10)11-6(3-12)13-5/h1-2,12H,3H2. The number of rotatable bonds is 1. The molecule has 0 aliphatic rings. The van der Waals surface area contributed by atoms with E-state index in [1.807, 2.05) is 6.07 Å². The van der Waals surface area contributed by atoms with Gasteiger partial charge in [0.15, 0.2) is 0 Å². The Morgan fingerprint density at radius 1 is 1.38 bits per heavy atom. The number of halogens is 2. The quantitative estimate of drug-likeness (QED) is 0.822. The van der Waals surface area contributed by atoms with Gasteiger partial charge in [-0.3, -0.25) is 0 Å². The Bertz CT molecular complexity index is 455. The van der Waals surface area contributed by atoms with Crippen LogP contribution < -0.4 is 0 Å². The van der Waals surface area contributed by atoms with Crippen molar-refractivity contribution in [3.05, 3.63) is 27.2 Å². The van der Waals surface area contributed by atoms with Crippen molar-refractivity contribution >= 4 is 44.8 Å². The zero-order chi connectivity index (χ0) is 9.42. The van der Waals surface area contributed by atoms with Gasteiger partial charge in [0.25, 0.3) is 0 Å². The van der Waals surface area contributed by atoms with E-state index in [4.69, 9.17) is 28.3 Å². The zero-order valence-corrected chi connectivity index (χ0v) is 8.75. The second-order valence-corrected chi connectivity index (χ2v) is 4.37. The molecule has 0 spiro atoms. The fourth-order valence-corrected chi connectivity index (χ4v) is 2.30. The molecule has 1 N–H and O–H groups in total. The Morgan fingerprint density at radius 3 is 2.85 bits per heavy atom. The number of hydrogen-bond acceptors (Lipinski definition) is 3. The lowest BCUT2D eigenvalue weighted by molar-refractivity contribution is 0.281. The van der Waals surface area contributed by atoms with Gasteiger partial charge in [-0.25, -0.2) is 4.98 Å². The highest BCUT2D eigenvalue weighted by Crippen LogP contribution is 2.33. The number of hydrogen-bond donors (Lipinski definition) is 1. The molecule has 0 bridgehead atoms. The highest BCUT2D eigenvalue weighted by molar-refractivity contribution is 7.18. The summed E-state index contributed by atoms with van der Waals surface area (Å²) in [6, 6.07) is 3.58. The Morgan fingerprint density at radius 2 is 2.15 bits per heavy atom. The van der Waals surface area contributed by atoms with Crippen LogP contribution in [0.4, 0.5) is 0 Å². The first-order valence-electron chi connectivity index (χ1n) is 3.56. The van der Waals surface area contributed by atoms with Gasteiger partial charge in [-0.15, -0.1) is 11.3 Å². The van der Waals surface area contributed by atoms with E-state index in [-0.39, 0.29) is 6.61 Å². The summed E-state index contributed by atoms with van der Waals surface area (Å²) >= 11 is 13.2. The maximum atomic E-state index is 8.87. The first kappa shape index (κ1) is 9.21. The molecule has 0 aliphatic heterocycles. The van der Waals surface area contributed by atoms with E-state index in [2.05, 4.69) is 4.98 Å². The van der Waals surface area contributed by atoms with Crippen LogP contribution in [0, 0.1) is 0 Å². The highest BCUT2D eigenvalue weighted by atomic mass is 35.5. The minimum atomic E-state index is -0.0622. The van der Waals surface area contributed by atoms with E-state index in [0.717, 1.165) is 4.70 Å². The Hall–Kier alpha value is -0.350. The van der Waals surface area contributed by atoms with Crippen molar-refractivity contribution in [2.75, 3.05) is 0 Å². The van der Waals surface area contributed by atoms with Gasteiger partial charge in [-0.1, -0.05) is 23.2 Å². The second-order valence-electron chi connectivity index (χ2n) is 2.47. The van der Waals surface area contributed by atoms with Gasteiger partial charge in [0.2, 0.25) is 0 Å². The SMILES string of the molecule is OCc1nc2c(Cl)c(Cl)ccc2s1. The summed E-state index contributed by atoms with van der Waals surface area (Å²) in [6.07, 6.45) is 0. The molecular formula is C8H5Cl2NOS. The lowest BCUT2D eigenvalue weighted by Crippen LogP contribution is -1.78. The number of fused-ring (bicyclic) bond motifs is 1. The molecular weight excluding hydrogens is 229 g/mol. The fraction of sp³-hybridized carbons (Fsp3) is 0.125. The Labute approximate surface area is 88.7 Å². The predicted octanol–water partition coefficient (Wildman–Crippen LogP) is 3.10. The third kappa shape index (κ3) is 1.53. The summed E-state index contributed by atoms with van der Waals surface area (Å²) in [5.41, 5.74) is 0.670. The topological polar surface area (TPSA) is 33.1 Å². The molecule has 0 atom stereocenters. The van der Waals surface area contributed by atoms with Gasteiger partial charge in [-0.05, 0) is 12.1 Å². The lowest BCUT2D eigenvalue weighted by atomic mass is 10.3. The predicted molar refractivity (Wildman–Crippen MR) is 55.6 cm³/mol. The largest absolute Gasteiger partial charge is 0.389 e. The number of thiazole rings is 1. The van der Waals surface area contributed by atoms with Crippen molar-refractivity contribution in [3.8, 4) is 0 Å². The van der Waals surface area contributed by atoms with Crippen molar-refractivity contribution < 1.29 is 5.11 Å². The molecule has 1 heterocycles. The van der Waals surface area contributed by atoms with Crippen molar-refractivity contribution in [1.29, 1.82) is 0 Å². The number of benzene rings is 1. The van der Waals surface area contributed by atoms with Crippen LogP contribution in [-0.4, -0.2) is 10.1 Å². The van der Waals surface area contributed by atoms with Crippen LogP contribution in [0.3, 0.4) is 0 Å². The normalized spacial score (nSPS) is 11.0. The smallest absolute Gasteiger partial charge is 0.119 e. The molecule has 0 fully saturated rings. The van der Waals surface area contributed by atoms with E-state index in [1.165, 1.54) is 11.3 Å². The second kappa shape index (κ2) is 3.42. The minimum Gasteiger partial charge on any atom is -0.389 e. The third-order valence-corrected chi connectivity index (χ3v) is 3.43. The van der Waals surface area contributed by atoms with Gasteiger partial charge in [0.05, 0.1) is 21.4 Å². The first-order chi connectivity index (χ1) is 6.22. The summed E-state index contributed by atoms with van der Waals surface area (Å²) < 4.78 is 0.943. The van der Waals surface area contributed by atoms with Crippen LogP contribution in [0.15, 0.2) is 12.1 Å². The number of nitrogens with zero attached hydrogens (tertiary/aromatic N) is 1. The van der Waals surface area contributed by atoms with Crippen LogP contribution in [0.25, 0.3) is 10.2 Å². The molecule has 68 valence electrons. The van der Waals surface area contributed by atoms with E-state index < -0.39 is 0 Å². The molecule has 13 heavy (non-hydrogen) atoms. The molecule has 2 rings (SSSR count). The van der Waals surface area contributed by atoms with Crippen LogP contribution in [-0.2, 0) is 6.61 Å². The van der Waals surface area contributed by atoms with E-state index in [9.17, 15) is 0 Å². The maximum absolute atomic E-state index is 8.87. The van der Waals surface area contributed by atoms with Gasteiger partial charge in [0.1, 0.15) is 10.5 Å². The molecule has 0 aliphatic carbocycles. The van der Waals surface area contributed by atoms with Gasteiger partial charge >= 0.3 is 0 Å². The maximum Gasteiger partial charge on any atom is 0.119 e. The van der Waals surface area contributed by atoms with Crippen LogP contribution in [0.2, 0.25) is 10.0 Å². The molecule has 2 aromatic rings. The molecule has 1 aromatic carbocycles. The average molecular weight is 234 g/mol. The number of aromatic nitrogens is 1. The van der Waals surface area contributed by atoms with Crippen molar-refractivity contribution in [2.45, 2.75) is 6.61 Å². The summed E-state index contributed by atoms with van der Waals surface area (Å²) in [5.74, 6) is 0. The zero-order valence-electron chi connectivity index (χ0n) is 6.42. The van der Waals surface area contributed by atoms with Gasteiger partial charge in [0, 0.05) is 0 Å². The van der Waals surface area contributed by atoms with E-state index in [0.29, 0.717) is 20.6 Å². The van der Waals surface area contributed by atoms with Crippen LogP contribution >= 0.6 is 34.5 Å². The highest BCUT2D eigenvalue weighted by Gasteiger charge is 2.08. The first-order valence-corrected chi connectivity index (χ1v) is 5.14. The number of aliphatic hydroxyl groups excluding tert-OH is 1. The lowest BCUT2D eigenvalue weighted by Gasteiger charge is -1.93. The van der Waals surface area contributed by atoms with Crippen molar-refractivity contribution in [3.63, 3.8) is 0 Å². The molecule has 2 nitrogen and oxygen atoms in total. The average Bonchev–Trinajstić information content (AvgIpc) is 2.55. The molecule has 0 unspecified atom stereocenters. The molecule has 0 saturated heterocycles. The monoisotopic (exact) mass is 233 g/mol. The molecule has 0 amide bonds. The fourth-order valence-electron chi connectivity index (χ4n) is 1.05. The molecule has 5 heteroatoms. The Kier molecular flexibility index (Phi) is 2.43. The number of aliphatic hydroxyl groups is 1. The van der Waals surface area contributed by atoms with Gasteiger partial charge in [-0.2, -0.15) is 0 Å². The summed E-state index contributed by atoms with van der Waals surface area (Å²) in [6.45, 7) is -0.0622. The summed E-state index contributed by atoms with van der Waals surface area (Å²) in [7, 11) is 0. The molecule has 1 aromatic heterocycles. The Balaban J connectivity index is 2.76.